The fourth-order valence-corrected chi connectivity index (χ4v) is 19.1. The van der Waals surface area contributed by atoms with Crippen LogP contribution in [-0.2, 0) is 23.2 Å². The van der Waals surface area contributed by atoms with Crippen LogP contribution < -0.4 is 20.7 Å². The summed E-state index contributed by atoms with van der Waals surface area (Å²) in [4.78, 5) is 26.5. The van der Waals surface area contributed by atoms with Gasteiger partial charge in [-0.05, 0) is 75.4 Å². The average Bonchev–Trinajstić information content (AvgIpc) is 3.55. The van der Waals surface area contributed by atoms with Crippen LogP contribution >= 0.6 is 0 Å². The van der Waals surface area contributed by atoms with E-state index in [1.165, 1.54) is 27.9 Å². The fourth-order valence-electron chi connectivity index (χ4n) is 9.55. The Balaban J connectivity index is 1.61. The predicted octanol–water partition coefficient (Wildman–Crippen LogP) is 11.0. The van der Waals surface area contributed by atoms with E-state index in [1.807, 2.05) is 0 Å². The first-order valence-corrected chi connectivity index (χ1v) is 26.5. The summed E-state index contributed by atoms with van der Waals surface area (Å²) < 4.78 is 20.6. The molecule has 1 unspecified atom stereocenters. The Morgan fingerprint density at radius 1 is 0.672 bits per heavy atom. The number of carbonyl (C=O) groups is 2. The molecular weight excluding hydrogens is 785 g/mol. The molecule has 3 atom stereocenters. The van der Waals surface area contributed by atoms with Gasteiger partial charge >= 0.3 is 5.97 Å². The number of ketones is 1. The van der Waals surface area contributed by atoms with Crippen molar-refractivity contribution in [3.05, 3.63) is 145 Å². The Morgan fingerprint density at radius 3 is 1.59 bits per heavy atom. The molecule has 5 rings (SSSR count). The molecule has 326 valence electrons. The van der Waals surface area contributed by atoms with Gasteiger partial charge in [0.25, 0.3) is 16.6 Å². The second-order valence-corrected chi connectivity index (χ2v) is 27.7. The third-order valence-corrected chi connectivity index (χ3v) is 23.0. The number of hydrogen-bond acceptors (Lipinski definition) is 5. The van der Waals surface area contributed by atoms with Crippen molar-refractivity contribution < 1.29 is 23.2 Å². The van der Waals surface area contributed by atoms with Crippen molar-refractivity contribution in [1.82, 2.24) is 0 Å². The molecule has 1 aliphatic carbocycles. The van der Waals surface area contributed by atoms with Crippen LogP contribution in [0.15, 0.2) is 145 Å². The highest BCUT2D eigenvalue weighted by Gasteiger charge is 2.55. The number of Topliss-reactive ketones (excluding diaryl/α,β-unsaturated/α-hetero) is 1. The number of methoxy groups -OCH3 is 1. The van der Waals surface area contributed by atoms with Gasteiger partial charge in [0, 0.05) is 18.8 Å². The zero-order valence-corrected chi connectivity index (χ0v) is 40.5. The summed E-state index contributed by atoms with van der Waals surface area (Å²) in [6, 6.07) is 43.2. The molecule has 0 bridgehead atoms. The Kier molecular flexibility index (Phi) is 16.7. The molecule has 61 heavy (non-hydrogen) atoms. The molecule has 0 saturated heterocycles. The maximum atomic E-state index is 14.7. The summed E-state index contributed by atoms with van der Waals surface area (Å²) in [6.45, 7) is 18.5. The van der Waals surface area contributed by atoms with Gasteiger partial charge in [0.1, 0.15) is 0 Å². The number of allylic oxidation sites excluding steroid dienone is 2. The maximum absolute atomic E-state index is 14.7. The number of benzene rings is 4. The second-order valence-electron chi connectivity index (χ2n) is 19.3. The summed E-state index contributed by atoms with van der Waals surface area (Å²) in [6.07, 6.45) is 13.9. The van der Waals surface area contributed by atoms with Crippen LogP contribution in [0.3, 0.4) is 0 Å². The van der Waals surface area contributed by atoms with Crippen molar-refractivity contribution in [3.8, 4) is 0 Å². The molecule has 1 saturated carbocycles. The maximum Gasteiger partial charge on any atom is 0.305 e. The lowest BCUT2D eigenvalue weighted by Crippen LogP contribution is -2.69. The van der Waals surface area contributed by atoms with Crippen molar-refractivity contribution >= 4 is 49.1 Å². The van der Waals surface area contributed by atoms with Gasteiger partial charge in [0.2, 0.25) is 0 Å². The number of carbonyl (C=O) groups excluding carboxylic acids is 2. The van der Waals surface area contributed by atoms with Crippen molar-refractivity contribution in [1.29, 1.82) is 0 Å². The van der Waals surface area contributed by atoms with Crippen molar-refractivity contribution in [2.75, 3.05) is 7.11 Å². The first kappa shape index (κ1) is 47.9. The zero-order chi connectivity index (χ0) is 44.2. The van der Waals surface area contributed by atoms with Gasteiger partial charge in [0.05, 0.1) is 18.8 Å². The third-order valence-electron chi connectivity index (χ3n) is 12.7. The van der Waals surface area contributed by atoms with Crippen LogP contribution in [0.2, 0.25) is 10.1 Å². The molecule has 0 aromatic heterocycles. The van der Waals surface area contributed by atoms with E-state index in [-0.39, 0.29) is 33.9 Å². The summed E-state index contributed by atoms with van der Waals surface area (Å²) in [5, 5.41) is 4.51. The highest BCUT2D eigenvalue weighted by molar-refractivity contribution is 7.00. The fraction of sp³-hybridized carbons (Fsp3) is 0.444. The number of hydrogen-bond donors (Lipinski definition) is 0. The van der Waals surface area contributed by atoms with E-state index < -0.39 is 22.2 Å². The summed E-state index contributed by atoms with van der Waals surface area (Å²) >= 11 is 0. The van der Waals surface area contributed by atoms with E-state index in [1.54, 1.807) is 0 Å². The van der Waals surface area contributed by atoms with Gasteiger partial charge in [-0.1, -0.05) is 207 Å². The van der Waals surface area contributed by atoms with E-state index in [0.717, 1.165) is 37.7 Å². The molecule has 0 spiro atoms. The normalized spacial score (nSPS) is 18.1. The van der Waals surface area contributed by atoms with Crippen LogP contribution in [0, 0.1) is 5.92 Å². The van der Waals surface area contributed by atoms with E-state index in [0.29, 0.717) is 32.1 Å². The number of rotatable bonds is 20. The van der Waals surface area contributed by atoms with E-state index in [4.69, 9.17) is 13.6 Å². The molecule has 4 aromatic carbocycles. The Hall–Kier alpha value is -4.15. The SMILES string of the molecule is CCCCCC(C)(CC=C1C(=O)C[C@H](O[Si](c2ccccc2)(c2ccccc2)C(C)(C)C)[C@@H]1CC=CCCCC(=O)OC)O[Si](c1ccccc1)(c1ccccc1)C(C)(C)C. The minimum absolute atomic E-state index is 0.140. The largest absolute Gasteiger partial charge is 0.469 e. The van der Waals surface area contributed by atoms with Gasteiger partial charge < -0.3 is 13.6 Å². The van der Waals surface area contributed by atoms with Gasteiger partial charge in [-0.15, -0.1) is 0 Å². The lowest BCUT2D eigenvalue weighted by molar-refractivity contribution is -0.140. The van der Waals surface area contributed by atoms with E-state index in [2.05, 4.69) is 195 Å². The molecule has 7 heteroatoms. The average molecular weight is 857 g/mol. The number of esters is 1. The quantitative estimate of drug-likeness (QED) is 0.0291. The monoisotopic (exact) mass is 856 g/mol. The predicted molar refractivity (Wildman–Crippen MR) is 259 cm³/mol. The van der Waals surface area contributed by atoms with Gasteiger partial charge in [-0.3, -0.25) is 9.59 Å². The minimum atomic E-state index is -2.98. The first-order valence-electron chi connectivity index (χ1n) is 22.7. The van der Waals surface area contributed by atoms with Crippen LogP contribution in [0.1, 0.15) is 120 Å². The summed E-state index contributed by atoms with van der Waals surface area (Å²) in [5.74, 6) is -0.173. The molecule has 5 nitrogen and oxygen atoms in total. The van der Waals surface area contributed by atoms with Crippen molar-refractivity contribution in [2.45, 2.75) is 141 Å². The topological polar surface area (TPSA) is 61.8 Å². The molecule has 0 aliphatic heterocycles. The summed E-state index contributed by atoms with van der Waals surface area (Å²) in [5.41, 5.74) is 0.314. The minimum Gasteiger partial charge on any atom is -0.469 e. The molecule has 1 fully saturated rings. The molecule has 0 radical (unpaired) electrons. The van der Waals surface area contributed by atoms with Gasteiger partial charge in [-0.2, -0.15) is 0 Å². The van der Waals surface area contributed by atoms with Gasteiger partial charge in [-0.25, -0.2) is 0 Å². The second kappa shape index (κ2) is 21.3. The van der Waals surface area contributed by atoms with E-state index in [9.17, 15) is 9.59 Å². The number of ether oxygens (including phenoxy) is 1. The third kappa shape index (κ3) is 11.3. The summed E-state index contributed by atoms with van der Waals surface area (Å²) in [7, 11) is -4.46. The van der Waals surface area contributed by atoms with Crippen molar-refractivity contribution in [2.24, 2.45) is 5.92 Å². The van der Waals surface area contributed by atoms with Crippen LogP contribution in [0.4, 0.5) is 0 Å². The zero-order valence-electron chi connectivity index (χ0n) is 38.5. The van der Waals surface area contributed by atoms with Gasteiger partial charge in [0.15, 0.2) is 5.78 Å². The highest BCUT2D eigenvalue weighted by atomic mass is 28.4. The highest BCUT2D eigenvalue weighted by Crippen LogP contribution is 2.45. The Bertz CT molecular complexity index is 1950. The van der Waals surface area contributed by atoms with Crippen LogP contribution in [0.25, 0.3) is 0 Å². The number of unbranched alkanes of at least 4 members (excludes halogenated alkanes) is 3. The first-order chi connectivity index (χ1) is 29.1. The molecule has 4 aromatic rings. The Morgan fingerprint density at radius 2 is 1.15 bits per heavy atom. The lowest BCUT2D eigenvalue weighted by atomic mass is 9.90. The molecule has 0 amide bonds. The standard InChI is InChI=1S/C54H72O5Si2/c1-10-11-28-40-54(8,59-61(53(5,6)7,45-33-22-16-23-34-45)46-35-24-17-25-36-46)41-39-47-48(37-26-12-13-27-38-51(56)57-9)50(42-49(47)55)58-60(52(2,3)4,43-29-18-14-19-30-43)44-31-20-15-21-32-44/h12,14-26,29-36,39,48,50H,10-11,13,27-28,37-38,40-42H2,1-9H3/t48-,50+,54?/m1/s1. The van der Waals surface area contributed by atoms with E-state index >= 15 is 0 Å². The molecular formula is C54H72O5Si2. The molecule has 0 heterocycles. The van der Waals surface area contributed by atoms with Crippen molar-refractivity contribution in [3.63, 3.8) is 0 Å². The smallest absolute Gasteiger partial charge is 0.305 e. The Labute approximate surface area is 370 Å². The molecule has 0 N–H and O–H groups in total. The molecule has 1 aliphatic rings. The van der Waals surface area contributed by atoms with Crippen LogP contribution in [-0.4, -0.2) is 47.2 Å². The lowest BCUT2D eigenvalue weighted by Gasteiger charge is -2.49. The van der Waals surface area contributed by atoms with Crippen LogP contribution in [0.5, 0.6) is 0 Å².